The number of pyridine rings is 1. The van der Waals surface area contributed by atoms with E-state index in [0.717, 1.165) is 36.6 Å². The van der Waals surface area contributed by atoms with Crippen LogP contribution in [0.25, 0.3) is 10.9 Å². The number of carbonyl (C=O) groups excluding carboxylic acids is 1. The SMILES string of the molecule is Cc1nc2ccccc2c(C(=O)N[C@H]2CC[C@H](N)CC2)c1N. The third kappa shape index (κ3) is 2.76. The molecule has 1 saturated carbocycles. The maximum Gasteiger partial charge on any atom is 0.254 e. The van der Waals surface area contributed by atoms with Crippen LogP contribution in [0.5, 0.6) is 0 Å². The van der Waals surface area contributed by atoms with Gasteiger partial charge in [0.15, 0.2) is 0 Å². The van der Waals surface area contributed by atoms with Gasteiger partial charge in [0.1, 0.15) is 0 Å². The van der Waals surface area contributed by atoms with E-state index in [1.807, 2.05) is 31.2 Å². The number of nitrogens with zero attached hydrogens (tertiary/aromatic N) is 1. The number of nitrogen functional groups attached to an aromatic ring is 1. The predicted molar refractivity (Wildman–Crippen MR) is 88.6 cm³/mol. The van der Waals surface area contributed by atoms with Gasteiger partial charge in [-0.3, -0.25) is 9.78 Å². The summed E-state index contributed by atoms with van der Waals surface area (Å²) in [6.45, 7) is 1.83. The lowest BCUT2D eigenvalue weighted by molar-refractivity contribution is 0.0928. The summed E-state index contributed by atoms with van der Waals surface area (Å²) in [6, 6.07) is 8.05. The molecule has 1 fully saturated rings. The van der Waals surface area contributed by atoms with E-state index in [1.54, 1.807) is 0 Å². The fourth-order valence-corrected chi connectivity index (χ4v) is 3.12. The normalized spacial score (nSPS) is 21.7. The maximum absolute atomic E-state index is 12.7. The van der Waals surface area contributed by atoms with Crippen molar-refractivity contribution in [3.8, 4) is 0 Å². The lowest BCUT2D eigenvalue weighted by atomic mass is 9.91. The second-order valence-electron chi connectivity index (χ2n) is 6.09. The molecule has 1 aliphatic carbocycles. The molecule has 116 valence electrons. The smallest absolute Gasteiger partial charge is 0.254 e. The molecule has 1 aliphatic rings. The van der Waals surface area contributed by atoms with Crippen LogP contribution in [-0.4, -0.2) is 23.0 Å². The van der Waals surface area contributed by atoms with Crippen LogP contribution in [0.2, 0.25) is 0 Å². The van der Waals surface area contributed by atoms with Crippen molar-refractivity contribution in [2.24, 2.45) is 5.73 Å². The van der Waals surface area contributed by atoms with Crippen molar-refractivity contribution >= 4 is 22.5 Å². The average molecular weight is 298 g/mol. The van der Waals surface area contributed by atoms with E-state index in [2.05, 4.69) is 10.3 Å². The van der Waals surface area contributed by atoms with Gasteiger partial charge >= 0.3 is 0 Å². The molecule has 0 spiro atoms. The van der Waals surface area contributed by atoms with Gasteiger partial charge in [0, 0.05) is 17.5 Å². The summed E-state index contributed by atoms with van der Waals surface area (Å²) in [6.07, 6.45) is 3.76. The number of fused-ring (bicyclic) bond motifs is 1. The molecule has 1 aromatic carbocycles. The fourth-order valence-electron chi connectivity index (χ4n) is 3.12. The third-order valence-electron chi connectivity index (χ3n) is 4.45. The van der Waals surface area contributed by atoms with E-state index >= 15 is 0 Å². The monoisotopic (exact) mass is 298 g/mol. The van der Waals surface area contributed by atoms with Crippen molar-refractivity contribution in [2.75, 3.05) is 5.73 Å². The summed E-state index contributed by atoms with van der Waals surface area (Å²) in [5.74, 6) is -0.111. The van der Waals surface area contributed by atoms with Crippen LogP contribution in [0.4, 0.5) is 5.69 Å². The molecule has 0 atom stereocenters. The number of aromatic nitrogens is 1. The molecule has 5 N–H and O–H groups in total. The minimum atomic E-state index is -0.111. The molecule has 5 nitrogen and oxygen atoms in total. The van der Waals surface area contributed by atoms with Gasteiger partial charge < -0.3 is 16.8 Å². The topological polar surface area (TPSA) is 94.0 Å². The Morgan fingerprint density at radius 3 is 2.64 bits per heavy atom. The van der Waals surface area contributed by atoms with Gasteiger partial charge in [0.2, 0.25) is 0 Å². The zero-order valence-corrected chi connectivity index (χ0v) is 12.8. The van der Waals surface area contributed by atoms with Crippen LogP contribution in [0, 0.1) is 6.92 Å². The van der Waals surface area contributed by atoms with Gasteiger partial charge in [0.25, 0.3) is 5.91 Å². The standard InChI is InChI=1S/C17H22N4O/c1-10-16(19)15(13-4-2-3-5-14(13)20-10)17(22)21-12-8-6-11(18)7-9-12/h2-5,11-12H,6-9,18-19H2,1H3,(H,21,22)/t11-,12-. The van der Waals surface area contributed by atoms with E-state index in [4.69, 9.17) is 11.5 Å². The summed E-state index contributed by atoms with van der Waals surface area (Å²) in [5, 5.41) is 3.92. The highest BCUT2D eigenvalue weighted by Crippen LogP contribution is 2.26. The van der Waals surface area contributed by atoms with Crippen LogP contribution in [0.15, 0.2) is 24.3 Å². The second-order valence-corrected chi connectivity index (χ2v) is 6.09. The minimum absolute atomic E-state index is 0.111. The van der Waals surface area contributed by atoms with Gasteiger partial charge in [0.05, 0.1) is 22.5 Å². The molecule has 5 heteroatoms. The number of hydrogen-bond donors (Lipinski definition) is 3. The summed E-state index contributed by atoms with van der Waals surface area (Å²) in [7, 11) is 0. The van der Waals surface area contributed by atoms with E-state index in [1.165, 1.54) is 0 Å². The number of aryl methyl sites for hydroxylation is 1. The highest BCUT2D eigenvalue weighted by molar-refractivity contribution is 6.10. The zero-order chi connectivity index (χ0) is 15.7. The van der Waals surface area contributed by atoms with Crippen molar-refractivity contribution in [2.45, 2.75) is 44.7 Å². The molecular weight excluding hydrogens is 276 g/mol. The number of carbonyl (C=O) groups is 1. The molecule has 1 heterocycles. The summed E-state index contributed by atoms with van der Waals surface area (Å²) in [5.41, 5.74) is 14.5. The van der Waals surface area contributed by atoms with E-state index in [-0.39, 0.29) is 18.0 Å². The van der Waals surface area contributed by atoms with E-state index in [0.29, 0.717) is 16.9 Å². The minimum Gasteiger partial charge on any atom is -0.397 e. The first-order valence-electron chi connectivity index (χ1n) is 7.77. The Morgan fingerprint density at radius 1 is 1.23 bits per heavy atom. The fraction of sp³-hybridized carbons (Fsp3) is 0.412. The molecule has 0 radical (unpaired) electrons. The number of nitrogens with one attached hydrogen (secondary N) is 1. The lowest BCUT2D eigenvalue weighted by Crippen LogP contribution is -2.40. The van der Waals surface area contributed by atoms with E-state index in [9.17, 15) is 4.79 Å². The molecule has 0 bridgehead atoms. The summed E-state index contributed by atoms with van der Waals surface area (Å²) < 4.78 is 0. The quantitative estimate of drug-likeness (QED) is 0.791. The Labute approximate surface area is 130 Å². The van der Waals surface area contributed by atoms with Gasteiger partial charge in [-0.1, -0.05) is 18.2 Å². The molecule has 1 aromatic heterocycles. The maximum atomic E-state index is 12.7. The second kappa shape index (κ2) is 5.93. The molecule has 3 rings (SSSR count). The number of hydrogen-bond acceptors (Lipinski definition) is 4. The van der Waals surface area contributed by atoms with Crippen LogP contribution < -0.4 is 16.8 Å². The first kappa shape index (κ1) is 14.8. The Kier molecular flexibility index (Phi) is 3.98. The zero-order valence-electron chi connectivity index (χ0n) is 12.8. The average Bonchev–Trinajstić information content (AvgIpc) is 2.50. The van der Waals surface area contributed by atoms with Gasteiger partial charge in [-0.05, 0) is 38.7 Å². The molecule has 0 saturated heterocycles. The van der Waals surface area contributed by atoms with Crippen molar-refractivity contribution in [1.82, 2.24) is 10.3 Å². The summed E-state index contributed by atoms with van der Waals surface area (Å²) >= 11 is 0. The number of benzene rings is 1. The molecule has 22 heavy (non-hydrogen) atoms. The molecule has 1 amide bonds. The number of amides is 1. The Morgan fingerprint density at radius 2 is 1.91 bits per heavy atom. The first-order valence-corrected chi connectivity index (χ1v) is 7.77. The third-order valence-corrected chi connectivity index (χ3v) is 4.45. The number of nitrogens with two attached hydrogens (primary N) is 2. The summed E-state index contributed by atoms with van der Waals surface area (Å²) in [4.78, 5) is 17.2. The highest BCUT2D eigenvalue weighted by atomic mass is 16.1. The largest absolute Gasteiger partial charge is 0.397 e. The van der Waals surface area contributed by atoms with Crippen LogP contribution in [-0.2, 0) is 0 Å². The first-order chi connectivity index (χ1) is 10.6. The van der Waals surface area contributed by atoms with Crippen molar-refractivity contribution in [3.05, 3.63) is 35.5 Å². The Balaban J connectivity index is 1.92. The molecular formula is C17H22N4O. The lowest BCUT2D eigenvalue weighted by Gasteiger charge is -2.27. The Hall–Kier alpha value is -2.14. The molecule has 0 aliphatic heterocycles. The highest BCUT2D eigenvalue weighted by Gasteiger charge is 2.23. The number of para-hydroxylation sites is 1. The Bertz CT molecular complexity index is 705. The van der Waals surface area contributed by atoms with Gasteiger partial charge in [-0.25, -0.2) is 0 Å². The van der Waals surface area contributed by atoms with Crippen LogP contribution >= 0.6 is 0 Å². The molecule has 0 unspecified atom stereocenters. The van der Waals surface area contributed by atoms with Crippen molar-refractivity contribution in [3.63, 3.8) is 0 Å². The molecule has 2 aromatic rings. The van der Waals surface area contributed by atoms with Crippen molar-refractivity contribution < 1.29 is 4.79 Å². The van der Waals surface area contributed by atoms with Gasteiger partial charge in [-0.2, -0.15) is 0 Å². The van der Waals surface area contributed by atoms with Crippen LogP contribution in [0.1, 0.15) is 41.7 Å². The van der Waals surface area contributed by atoms with Crippen LogP contribution in [0.3, 0.4) is 0 Å². The number of anilines is 1. The van der Waals surface area contributed by atoms with E-state index < -0.39 is 0 Å². The number of rotatable bonds is 2. The predicted octanol–water partition coefficient (Wildman–Crippen LogP) is 2.13. The van der Waals surface area contributed by atoms with Gasteiger partial charge in [-0.15, -0.1) is 0 Å². The van der Waals surface area contributed by atoms with Crippen molar-refractivity contribution in [1.29, 1.82) is 0 Å².